The van der Waals surface area contributed by atoms with Crippen molar-refractivity contribution >= 4 is 17.6 Å². The molecule has 1 unspecified atom stereocenters. The lowest BCUT2D eigenvalue weighted by Crippen LogP contribution is -2.31. The average Bonchev–Trinajstić information content (AvgIpc) is 2.67. The summed E-state index contributed by atoms with van der Waals surface area (Å²) >= 11 is 0. The second-order valence-electron chi connectivity index (χ2n) is 6.03. The molecule has 1 atom stereocenters. The molecule has 0 fully saturated rings. The van der Waals surface area contributed by atoms with Crippen molar-refractivity contribution < 1.29 is 28.5 Å². The second-order valence-corrected chi connectivity index (χ2v) is 6.03. The van der Waals surface area contributed by atoms with Gasteiger partial charge in [0.2, 0.25) is 0 Å². The molecule has 27 heavy (non-hydrogen) atoms. The molecule has 2 aromatic rings. The Morgan fingerprint density at radius 3 is 2.63 bits per heavy atom. The van der Waals surface area contributed by atoms with E-state index >= 15 is 0 Å². The van der Waals surface area contributed by atoms with Gasteiger partial charge in [-0.1, -0.05) is 18.2 Å². The van der Waals surface area contributed by atoms with E-state index in [0.29, 0.717) is 36.1 Å². The van der Waals surface area contributed by atoms with Crippen LogP contribution >= 0.6 is 0 Å². The standard InChI is InChI=1S/C20H21NO6/c1-13-5-3-4-6-16(13)26-12-19(22)27-14(2)20(23)21-15-7-8-17-18(11-15)25-10-9-24-17/h3-8,11,14H,9-10,12H2,1-2H3,(H,21,23). The van der Waals surface area contributed by atoms with Crippen molar-refractivity contribution in [3.05, 3.63) is 48.0 Å². The number of benzene rings is 2. The highest BCUT2D eigenvalue weighted by Gasteiger charge is 2.20. The molecule has 0 saturated carbocycles. The van der Waals surface area contributed by atoms with Crippen LogP contribution in [0.15, 0.2) is 42.5 Å². The van der Waals surface area contributed by atoms with Crippen LogP contribution in [0.1, 0.15) is 12.5 Å². The molecule has 1 heterocycles. The Balaban J connectivity index is 1.50. The van der Waals surface area contributed by atoms with Crippen LogP contribution in [0.5, 0.6) is 17.2 Å². The van der Waals surface area contributed by atoms with E-state index in [-0.39, 0.29) is 6.61 Å². The number of aryl methyl sites for hydroxylation is 1. The molecule has 0 aromatic heterocycles. The molecule has 2 aromatic carbocycles. The molecular formula is C20H21NO6. The molecule has 0 radical (unpaired) electrons. The average molecular weight is 371 g/mol. The van der Waals surface area contributed by atoms with Crippen LogP contribution < -0.4 is 19.5 Å². The van der Waals surface area contributed by atoms with Crippen molar-refractivity contribution in [3.8, 4) is 17.2 Å². The number of anilines is 1. The maximum absolute atomic E-state index is 12.2. The fourth-order valence-corrected chi connectivity index (χ4v) is 2.50. The van der Waals surface area contributed by atoms with Gasteiger partial charge in [-0.05, 0) is 37.6 Å². The molecule has 1 amide bonds. The molecule has 0 aliphatic carbocycles. The first-order chi connectivity index (χ1) is 13.0. The molecule has 142 valence electrons. The Kier molecular flexibility index (Phi) is 5.80. The Morgan fingerprint density at radius 2 is 1.85 bits per heavy atom. The maximum atomic E-state index is 12.2. The Bertz CT molecular complexity index is 835. The summed E-state index contributed by atoms with van der Waals surface area (Å²) in [6.07, 6.45) is -0.967. The Labute approximate surface area is 157 Å². The number of hydrogen-bond acceptors (Lipinski definition) is 6. The van der Waals surface area contributed by atoms with Gasteiger partial charge in [-0.25, -0.2) is 4.79 Å². The van der Waals surface area contributed by atoms with Gasteiger partial charge in [-0.3, -0.25) is 4.79 Å². The zero-order chi connectivity index (χ0) is 19.2. The number of hydrogen-bond donors (Lipinski definition) is 1. The molecule has 3 rings (SSSR count). The van der Waals surface area contributed by atoms with Crippen LogP contribution in [-0.4, -0.2) is 37.8 Å². The third kappa shape index (κ3) is 4.91. The van der Waals surface area contributed by atoms with Gasteiger partial charge in [0.25, 0.3) is 5.91 Å². The summed E-state index contributed by atoms with van der Waals surface area (Å²) in [5.41, 5.74) is 1.44. The number of carbonyl (C=O) groups excluding carboxylic acids is 2. The fourth-order valence-electron chi connectivity index (χ4n) is 2.50. The minimum atomic E-state index is -0.967. The molecule has 7 nitrogen and oxygen atoms in total. The van der Waals surface area contributed by atoms with Crippen LogP contribution in [0.2, 0.25) is 0 Å². The smallest absolute Gasteiger partial charge is 0.344 e. The van der Waals surface area contributed by atoms with E-state index in [1.54, 1.807) is 24.3 Å². The predicted octanol–water partition coefficient (Wildman–Crippen LogP) is 2.72. The molecule has 1 aliphatic heterocycles. The number of ether oxygens (including phenoxy) is 4. The van der Waals surface area contributed by atoms with E-state index in [0.717, 1.165) is 5.56 Å². The van der Waals surface area contributed by atoms with Crippen LogP contribution in [0.3, 0.4) is 0 Å². The Morgan fingerprint density at radius 1 is 1.11 bits per heavy atom. The first-order valence-electron chi connectivity index (χ1n) is 8.61. The Hall–Kier alpha value is -3.22. The van der Waals surface area contributed by atoms with Gasteiger partial charge in [0.05, 0.1) is 0 Å². The monoisotopic (exact) mass is 371 g/mol. The van der Waals surface area contributed by atoms with Crippen LogP contribution in [0.4, 0.5) is 5.69 Å². The summed E-state index contributed by atoms with van der Waals surface area (Å²) in [6.45, 7) is 4.06. The van der Waals surface area contributed by atoms with Crippen molar-refractivity contribution in [1.82, 2.24) is 0 Å². The largest absolute Gasteiger partial charge is 0.486 e. The highest BCUT2D eigenvalue weighted by Crippen LogP contribution is 2.32. The first-order valence-corrected chi connectivity index (χ1v) is 8.61. The summed E-state index contributed by atoms with van der Waals surface area (Å²) in [5.74, 6) is 0.726. The van der Waals surface area contributed by atoms with E-state index in [1.807, 2.05) is 25.1 Å². The number of amides is 1. The van der Waals surface area contributed by atoms with Gasteiger partial charge in [-0.2, -0.15) is 0 Å². The summed E-state index contributed by atoms with van der Waals surface area (Å²) in [5, 5.41) is 2.69. The predicted molar refractivity (Wildman–Crippen MR) is 98.3 cm³/mol. The highest BCUT2D eigenvalue weighted by atomic mass is 16.6. The third-order valence-corrected chi connectivity index (χ3v) is 3.93. The zero-order valence-electron chi connectivity index (χ0n) is 15.2. The molecule has 0 bridgehead atoms. The lowest BCUT2D eigenvalue weighted by molar-refractivity contribution is -0.155. The molecule has 0 spiro atoms. The first kappa shape index (κ1) is 18.6. The second kappa shape index (κ2) is 8.44. The topological polar surface area (TPSA) is 83.1 Å². The SMILES string of the molecule is Cc1ccccc1OCC(=O)OC(C)C(=O)Nc1ccc2c(c1)OCCO2. The van der Waals surface area contributed by atoms with Crippen LogP contribution in [-0.2, 0) is 14.3 Å². The summed E-state index contributed by atoms with van der Waals surface area (Å²) < 4.78 is 21.5. The van der Waals surface area contributed by atoms with Crippen molar-refractivity contribution in [3.63, 3.8) is 0 Å². The summed E-state index contributed by atoms with van der Waals surface area (Å²) in [6, 6.07) is 12.4. The molecule has 1 N–H and O–H groups in total. The zero-order valence-corrected chi connectivity index (χ0v) is 15.2. The van der Waals surface area contributed by atoms with Crippen molar-refractivity contribution in [2.24, 2.45) is 0 Å². The summed E-state index contributed by atoms with van der Waals surface area (Å²) in [4.78, 5) is 24.2. The minimum Gasteiger partial charge on any atom is -0.486 e. The number of esters is 1. The van der Waals surface area contributed by atoms with Gasteiger partial charge in [-0.15, -0.1) is 0 Å². The van der Waals surface area contributed by atoms with E-state index in [9.17, 15) is 9.59 Å². The number of rotatable bonds is 6. The molecule has 0 saturated heterocycles. The lowest BCUT2D eigenvalue weighted by atomic mass is 10.2. The number of nitrogens with one attached hydrogen (secondary N) is 1. The molecule has 1 aliphatic rings. The number of fused-ring (bicyclic) bond motifs is 1. The normalized spacial score (nSPS) is 13.4. The van der Waals surface area contributed by atoms with Crippen LogP contribution in [0.25, 0.3) is 0 Å². The van der Waals surface area contributed by atoms with Gasteiger partial charge in [0.15, 0.2) is 24.2 Å². The molecule has 7 heteroatoms. The minimum absolute atomic E-state index is 0.271. The van der Waals surface area contributed by atoms with Gasteiger partial charge in [0.1, 0.15) is 19.0 Å². The van der Waals surface area contributed by atoms with E-state index in [2.05, 4.69) is 5.32 Å². The lowest BCUT2D eigenvalue weighted by Gasteiger charge is -2.19. The number of carbonyl (C=O) groups is 2. The van der Waals surface area contributed by atoms with Gasteiger partial charge < -0.3 is 24.3 Å². The third-order valence-electron chi connectivity index (χ3n) is 3.93. The van der Waals surface area contributed by atoms with Crippen molar-refractivity contribution in [2.75, 3.05) is 25.1 Å². The van der Waals surface area contributed by atoms with Crippen molar-refractivity contribution in [2.45, 2.75) is 20.0 Å². The van der Waals surface area contributed by atoms with Gasteiger partial charge >= 0.3 is 5.97 Å². The van der Waals surface area contributed by atoms with E-state index < -0.39 is 18.0 Å². The van der Waals surface area contributed by atoms with E-state index in [4.69, 9.17) is 18.9 Å². The maximum Gasteiger partial charge on any atom is 0.344 e. The van der Waals surface area contributed by atoms with Crippen molar-refractivity contribution in [1.29, 1.82) is 0 Å². The highest BCUT2D eigenvalue weighted by molar-refractivity contribution is 5.95. The van der Waals surface area contributed by atoms with Crippen LogP contribution in [0, 0.1) is 6.92 Å². The van der Waals surface area contributed by atoms with Gasteiger partial charge in [0, 0.05) is 11.8 Å². The van der Waals surface area contributed by atoms with E-state index in [1.165, 1.54) is 6.92 Å². The number of para-hydroxylation sites is 1. The summed E-state index contributed by atoms with van der Waals surface area (Å²) in [7, 11) is 0. The molecular weight excluding hydrogens is 350 g/mol. The quantitative estimate of drug-likeness (QED) is 0.786. The fraction of sp³-hybridized carbons (Fsp3) is 0.300.